The van der Waals surface area contributed by atoms with E-state index in [1.54, 1.807) is 36.4 Å². The summed E-state index contributed by atoms with van der Waals surface area (Å²) >= 11 is 0. The van der Waals surface area contributed by atoms with Crippen LogP contribution in [0.25, 0.3) is 0 Å². The van der Waals surface area contributed by atoms with Gasteiger partial charge in [0.25, 0.3) is 0 Å². The Kier molecular flexibility index (Phi) is 5.60. The van der Waals surface area contributed by atoms with Crippen molar-refractivity contribution < 1.29 is 21.9 Å². The van der Waals surface area contributed by atoms with Gasteiger partial charge >= 0.3 is 0 Å². The number of anilines is 1. The highest BCUT2D eigenvalue weighted by atomic mass is 32.2. The van der Waals surface area contributed by atoms with Gasteiger partial charge in [-0.2, -0.15) is 0 Å². The van der Waals surface area contributed by atoms with E-state index in [1.165, 1.54) is 12.1 Å². The van der Waals surface area contributed by atoms with E-state index in [9.17, 15) is 16.8 Å². The van der Waals surface area contributed by atoms with E-state index in [0.29, 0.717) is 37.2 Å². The van der Waals surface area contributed by atoms with E-state index in [0.717, 1.165) is 6.26 Å². The van der Waals surface area contributed by atoms with Crippen LogP contribution in [0.15, 0.2) is 58.3 Å². The fourth-order valence-electron chi connectivity index (χ4n) is 3.31. The molecule has 1 fully saturated rings. The Bertz CT molecular complexity index is 1010. The van der Waals surface area contributed by atoms with Crippen LogP contribution in [0, 0.1) is 0 Å². The molecule has 2 aromatic rings. The lowest BCUT2D eigenvalue weighted by atomic mass is 10.1. The van der Waals surface area contributed by atoms with Gasteiger partial charge in [-0.1, -0.05) is 18.2 Å². The van der Waals surface area contributed by atoms with Crippen molar-refractivity contribution in [2.45, 2.75) is 34.5 Å². The third kappa shape index (κ3) is 4.34. The maximum absolute atomic E-state index is 13.0. The summed E-state index contributed by atoms with van der Waals surface area (Å²) in [5, 5.41) is 8.56. The number of sulfone groups is 2. The van der Waals surface area contributed by atoms with E-state index in [-0.39, 0.29) is 16.4 Å². The van der Waals surface area contributed by atoms with Crippen molar-refractivity contribution in [3.63, 3.8) is 0 Å². The summed E-state index contributed by atoms with van der Waals surface area (Å²) in [6, 6.07) is 12.9. The molecule has 1 heterocycles. The Hall–Kier alpha value is -1.90. The Morgan fingerprint density at radius 1 is 1.04 bits per heavy atom. The Balaban J connectivity index is 1.85. The smallest absolute Gasteiger partial charge is 0.182 e. The minimum Gasteiger partial charge on any atom is -0.392 e. The molecule has 2 aromatic carbocycles. The lowest BCUT2D eigenvalue weighted by molar-refractivity contribution is 0.282. The molecule has 0 spiro atoms. The SMILES string of the molecule is CS(=O)(=O)c1cccc(N2CCCC(S(=O)(=O)c3ccc(CO)cc3)C2)c1. The lowest BCUT2D eigenvalue weighted by Crippen LogP contribution is -2.42. The standard InChI is InChI=1S/C19H23NO5S2/c1-26(22,23)18-5-2-4-16(12-18)20-11-3-6-19(13-20)27(24,25)17-9-7-15(14-21)8-10-17/h2,4-5,7-10,12,19,21H,3,6,11,13-14H2,1H3. The summed E-state index contributed by atoms with van der Waals surface area (Å²) in [5.41, 5.74) is 1.38. The second-order valence-corrected chi connectivity index (χ2v) is 11.1. The molecule has 1 unspecified atom stereocenters. The summed E-state index contributed by atoms with van der Waals surface area (Å²) in [4.78, 5) is 2.41. The molecule has 1 atom stereocenters. The summed E-state index contributed by atoms with van der Waals surface area (Å²) in [6.07, 6.45) is 2.43. The Labute approximate surface area is 160 Å². The second-order valence-electron chi connectivity index (χ2n) is 6.83. The van der Waals surface area contributed by atoms with Gasteiger partial charge in [-0.25, -0.2) is 16.8 Å². The summed E-state index contributed by atoms with van der Waals surface area (Å²) in [7, 11) is -6.83. The maximum Gasteiger partial charge on any atom is 0.182 e. The highest BCUT2D eigenvalue weighted by molar-refractivity contribution is 7.92. The van der Waals surface area contributed by atoms with Gasteiger partial charge in [0.05, 0.1) is 21.6 Å². The molecule has 0 amide bonds. The quantitative estimate of drug-likeness (QED) is 0.812. The minimum absolute atomic E-state index is 0.131. The highest BCUT2D eigenvalue weighted by Gasteiger charge is 2.32. The molecule has 0 aliphatic carbocycles. The summed E-state index contributed by atoms with van der Waals surface area (Å²) < 4.78 is 49.6. The van der Waals surface area contributed by atoms with Crippen molar-refractivity contribution in [2.75, 3.05) is 24.2 Å². The zero-order chi connectivity index (χ0) is 19.7. The molecule has 6 nitrogen and oxygen atoms in total. The molecule has 1 saturated heterocycles. The first kappa shape index (κ1) is 19.9. The highest BCUT2D eigenvalue weighted by Crippen LogP contribution is 2.28. The molecular formula is C19H23NO5S2. The summed E-state index contributed by atoms with van der Waals surface area (Å²) in [6.45, 7) is 0.869. The molecule has 27 heavy (non-hydrogen) atoms. The van der Waals surface area contributed by atoms with Crippen molar-refractivity contribution in [3.8, 4) is 0 Å². The van der Waals surface area contributed by atoms with Crippen LogP contribution in [0.5, 0.6) is 0 Å². The summed E-state index contributed by atoms with van der Waals surface area (Å²) in [5.74, 6) is 0. The van der Waals surface area contributed by atoms with Crippen molar-refractivity contribution in [1.29, 1.82) is 0 Å². The van der Waals surface area contributed by atoms with Gasteiger partial charge in [-0.15, -0.1) is 0 Å². The molecule has 1 aliphatic heterocycles. The molecule has 8 heteroatoms. The van der Waals surface area contributed by atoms with Gasteiger partial charge in [-0.05, 0) is 48.7 Å². The number of piperidine rings is 1. The van der Waals surface area contributed by atoms with E-state index in [4.69, 9.17) is 5.11 Å². The topological polar surface area (TPSA) is 91.8 Å². The average molecular weight is 410 g/mol. The molecule has 0 radical (unpaired) electrons. The van der Waals surface area contributed by atoms with Crippen molar-refractivity contribution in [1.82, 2.24) is 0 Å². The molecule has 3 rings (SSSR count). The average Bonchev–Trinajstić information content (AvgIpc) is 2.67. The van der Waals surface area contributed by atoms with E-state index >= 15 is 0 Å². The maximum atomic E-state index is 13.0. The molecular weight excluding hydrogens is 386 g/mol. The molecule has 1 aliphatic rings. The number of hydrogen-bond acceptors (Lipinski definition) is 6. The third-order valence-electron chi connectivity index (χ3n) is 4.86. The minimum atomic E-state index is -3.51. The molecule has 0 saturated carbocycles. The molecule has 146 valence electrons. The molecule has 0 aromatic heterocycles. The van der Waals surface area contributed by atoms with Gasteiger partial charge in [-0.3, -0.25) is 0 Å². The fraction of sp³-hybridized carbons (Fsp3) is 0.368. The van der Waals surface area contributed by atoms with Crippen LogP contribution in [-0.4, -0.2) is 46.5 Å². The van der Waals surface area contributed by atoms with Crippen LogP contribution in [0.2, 0.25) is 0 Å². The van der Waals surface area contributed by atoms with Crippen LogP contribution in [0.3, 0.4) is 0 Å². The monoisotopic (exact) mass is 409 g/mol. The number of aliphatic hydroxyl groups excluding tert-OH is 1. The van der Waals surface area contributed by atoms with Crippen molar-refractivity contribution in [3.05, 3.63) is 54.1 Å². The van der Waals surface area contributed by atoms with E-state index in [1.807, 2.05) is 4.90 Å². The predicted octanol–water partition coefficient (Wildman–Crippen LogP) is 2.03. The van der Waals surface area contributed by atoms with Crippen LogP contribution in [-0.2, 0) is 26.3 Å². The second kappa shape index (κ2) is 7.61. The number of hydrogen-bond donors (Lipinski definition) is 1. The lowest BCUT2D eigenvalue weighted by Gasteiger charge is -2.34. The zero-order valence-electron chi connectivity index (χ0n) is 15.1. The van der Waals surface area contributed by atoms with Crippen LogP contribution in [0.1, 0.15) is 18.4 Å². The molecule has 1 N–H and O–H groups in total. The van der Waals surface area contributed by atoms with Crippen molar-refractivity contribution in [2.24, 2.45) is 0 Å². The number of aliphatic hydroxyl groups is 1. The Morgan fingerprint density at radius 3 is 2.37 bits per heavy atom. The first-order valence-corrected chi connectivity index (χ1v) is 12.1. The number of rotatable bonds is 5. The molecule has 0 bridgehead atoms. The Morgan fingerprint density at radius 2 is 1.74 bits per heavy atom. The van der Waals surface area contributed by atoms with E-state index in [2.05, 4.69) is 0 Å². The number of nitrogens with zero attached hydrogens (tertiary/aromatic N) is 1. The first-order valence-electron chi connectivity index (χ1n) is 8.70. The predicted molar refractivity (Wildman–Crippen MR) is 104 cm³/mol. The first-order chi connectivity index (χ1) is 12.7. The third-order valence-corrected chi connectivity index (χ3v) is 8.16. The van der Waals surface area contributed by atoms with Crippen LogP contribution >= 0.6 is 0 Å². The number of benzene rings is 2. The largest absolute Gasteiger partial charge is 0.392 e. The van der Waals surface area contributed by atoms with Crippen LogP contribution in [0.4, 0.5) is 5.69 Å². The normalized spacial score (nSPS) is 18.4. The zero-order valence-corrected chi connectivity index (χ0v) is 16.7. The van der Waals surface area contributed by atoms with Gasteiger partial charge in [0.1, 0.15) is 0 Å². The van der Waals surface area contributed by atoms with Crippen molar-refractivity contribution >= 4 is 25.4 Å². The van der Waals surface area contributed by atoms with Gasteiger partial charge in [0.2, 0.25) is 0 Å². The fourth-order valence-corrected chi connectivity index (χ4v) is 5.73. The van der Waals surface area contributed by atoms with Gasteiger partial charge in [0.15, 0.2) is 19.7 Å². The van der Waals surface area contributed by atoms with Gasteiger partial charge in [0, 0.05) is 25.0 Å². The van der Waals surface area contributed by atoms with Gasteiger partial charge < -0.3 is 10.0 Å². The van der Waals surface area contributed by atoms with E-state index < -0.39 is 24.9 Å². The van der Waals surface area contributed by atoms with Crippen LogP contribution < -0.4 is 4.90 Å².